The first-order chi connectivity index (χ1) is 11.7. The molecule has 0 radical (unpaired) electrons. The molecule has 0 N–H and O–H groups in total. The lowest BCUT2D eigenvalue weighted by molar-refractivity contribution is 0.316. The van der Waals surface area contributed by atoms with E-state index >= 15 is 0 Å². The first-order valence-electron chi connectivity index (χ1n) is 6.77. The lowest BCUT2D eigenvalue weighted by atomic mass is 10.1. The fourth-order valence-electron chi connectivity index (χ4n) is 3.08. The van der Waals surface area contributed by atoms with Crippen molar-refractivity contribution in [1.82, 2.24) is 30.6 Å². The lowest BCUT2D eigenvalue weighted by Crippen LogP contribution is -1.84. The third-order valence-electron chi connectivity index (χ3n) is 3.94. The minimum atomic E-state index is 0.653. The molecule has 0 saturated heterocycles. The number of halogens is 1. The van der Waals surface area contributed by atoms with Crippen LogP contribution in [-0.4, -0.2) is 30.6 Å². The minimum Gasteiger partial charge on any atom is -0.243 e. The van der Waals surface area contributed by atoms with Crippen molar-refractivity contribution in [3.63, 3.8) is 0 Å². The van der Waals surface area contributed by atoms with E-state index in [0.29, 0.717) is 22.1 Å². The summed E-state index contributed by atoms with van der Waals surface area (Å²) in [6.07, 6.45) is 0. The standard InChI is InChI=1S/C13H3IN6O2S2/c1-2-15-9-7-6(18-21-19-7)4-3(11(9)23-2)5-8(20-22-17-5)10-12(4)24-13(14)16-10/h1H3. The van der Waals surface area contributed by atoms with Crippen molar-refractivity contribution >= 4 is 98.5 Å². The molecule has 0 amide bonds. The highest BCUT2D eigenvalue weighted by Crippen LogP contribution is 2.44. The zero-order valence-corrected chi connectivity index (χ0v) is 15.5. The summed E-state index contributed by atoms with van der Waals surface area (Å²) in [4.78, 5) is 9.20. The summed E-state index contributed by atoms with van der Waals surface area (Å²) in [6, 6.07) is 0. The fraction of sp³-hybridized carbons (Fsp3) is 0.0769. The van der Waals surface area contributed by atoms with Crippen molar-refractivity contribution in [2.45, 2.75) is 6.92 Å². The average Bonchev–Trinajstić information content (AvgIpc) is 3.29. The Balaban J connectivity index is 2.14. The molecular formula is C13H3IN6O2S2. The highest BCUT2D eigenvalue weighted by Gasteiger charge is 2.25. The summed E-state index contributed by atoms with van der Waals surface area (Å²) >= 11 is 5.36. The Morgan fingerprint density at radius 1 is 0.708 bits per heavy atom. The first kappa shape index (κ1) is 13.3. The van der Waals surface area contributed by atoms with Crippen LogP contribution < -0.4 is 0 Å². The highest BCUT2D eigenvalue weighted by molar-refractivity contribution is 14.1. The van der Waals surface area contributed by atoms with Gasteiger partial charge in [-0.05, 0) is 50.1 Å². The number of rotatable bonds is 0. The second-order valence-corrected chi connectivity index (χ2v) is 9.18. The Labute approximate surface area is 152 Å². The second-order valence-electron chi connectivity index (χ2n) is 5.23. The van der Waals surface area contributed by atoms with Crippen LogP contribution in [0.5, 0.6) is 0 Å². The van der Waals surface area contributed by atoms with E-state index in [-0.39, 0.29) is 0 Å². The SMILES string of the molecule is Cc1nc2c3nonc3c3c4sc(I)nc4c4nonc4c3c2s1. The molecule has 0 fully saturated rings. The Morgan fingerprint density at radius 3 is 1.92 bits per heavy atom. The zero-order chi connectivity index (χ0) is 16.0. The van der Waals surface area contributed by atoms with E-state index < -0.39 is 0 Å². The molecule has 0 atom stereocenters. The maximum absolute atomic E-state index is 5.03. The van der Waals surface area contributed by atoms with Crippen LogP contribution in [0.25, 0.3) is 53.3 Å². The smallest absolute Gasteiger partial charge is 0.163 e. The Hall–Kier alpha value is -1.99. The van der Waals surface area contributed by atoms with Crippen LogP contribution in [0.1, 0.15) is 5.01 Å². The first-order valence-corrected chi connectivity index (χ1v) is 9.49. The van der Waals surface area contributed by atoms with Gasteiger partial charge in [-0.1, -0.05) is 0 Å². The molecule has 11 heteroatoms. The molecular weight excluding hydrogens is 463 g/mol. The summed E-state index contributed by atoms with van der Waals surface area (Å²) in [5, 5.41) is 19.2. The molecule has 116 valence electrons. The number of fused-ring (bicyclic) bond motifs is 11. The molecule has 0 bridgehead atoms. The number of hydrogen-bond acceptors (Lipinski definition) is 10. The van der Waals surface area contributed by atoms with E-state index in [1.807, 2.05) is 6.92 Å². The second kappa shape index (κ2) is 4.34. The van der Waals surface area contributed by atoms with Crippen molar-refractivity contribution in [3.05, 3.63) is 8.02 Å². The van der Waals surface area contributed by atoms with E-state index in [1.165, 1.54) is 0 Å². The number of aryl methyl sites for hydroxylation is 1. The number of hydrogen-bond donors (Lipinski definition) is 0. The number of aromatic nitrogens is 6. The van der Waals surface area contributed by atoms with Gasteiger partial charge < -0.3 is 0 Å². The lowest BCUT2D eigenvalue weighted by Gasteiger charge is -2.01. The molecule has 4 heterocycles. The molecule has 0 saturated carbocycles. The van der Waals surface area contributed by atoms with Crippen molar-refractivity contribution in [2.24, 2.45) is 0 Å². The predicted octanol–water partition coefficient (Wildman–Crippen LogP) is 4.04. The van der Waals surface area contributed by atoms with Crippen LogP contribution >= 0.6 is 45.3 Å². The summed E-state index contributed by atoms with van der Waals surface area (Å²) in [6.45, 7) is 1.96. The van der Waals surface area contributed by atoms with Gasteiger partial charge in [0.1, 0.15) is 22.1 Å². The van der Waals surface area contributed by atoms with Crippen LogP contribution in [0.15, 0.2) is 9.26 Å². The maximum Gasteiger partial charge on any atom is 0.163 e. The van der Waals surface area contributed by atoms with Crippen molar-refractivity contribution in [1.29, 1.82) is 0 Å². The van der Waals surface area contributed by atoms with Gasteiger partial charge in [-0.2, -0.15) is 0 Å². The molecule has 6 rings (SSSR count). The molecule has 6 aromatic rings. The molecule has 8 nitrogen and oxygen atoms in total. The maximum atomic E-state index is 5.03. The zero-order valence-electron chi connectivity index (χ0n) is 11.7. The van der Waals surface area contributed by atoms with Gasteiger partial charge in [0.15, 0.2) is 14.0 Å². The fourth-order valence-corrected chi connectivity index (χ4v) is 5.79. The topological polar surface area (TPSA) is 104 Å². The predicted molar refractivity (Wildman–Crippen MR) is 98.5 cm³/mol. The van der Waals surface area contributed by atoms with E-state index in [0.717, 1.165) is 39.2 Å². The van der Waals surface area contributed by atoms with Gasteiger partial charge in [0.25, 0.3) is 0 Å². The third-order valence-corrected chi connectivity index (χ3v) is 6.69. The van der Waals surface area contributed by atoms with Gasteiger partial charge >= 0.3 is 0 Å². The molecule has 0 unspecified atom stereocenters. The summed E-state index contributed by atoms with van der Waals surface area (Å²) in [5.41, 5.74) is 4.17. The average molecular weight is 466 g/mol. The van der Waals surface area contributed by atoms with E-state index in [4.69, 9.17) is 9.26 Å². The van der Waals surface area contributed by atoms with E-state index in [1.54, 1.807) is 22.7 Å². The van der Waals surface area contributed by atoms with Crippen molar-refractivity contribution in [3.8, 4) is 0 Å². The van der Waals surface area contributed by atoms with Crippen LogP contribution in [-0.2, 0) is 0 Å². The van der Waals surface area contributed by atoms with E-state index in [2.05, 4.69) is 53.2 Å². The molecule has 0 aliphatic heterocycles. The molecule has 0 spiro atoms. The number of nitrogens with zero attached hydrogens (tertiary/aromatic N) is 6. The van der Waals surface area contributed by atoms with Crippen LogP contribution in [0, 0.1) is 9.94 Å². The minimum absolute atomic E-state index is 0.653. The van der Waals surface area contributed by atoms with E-state index in [9.17, 15) is 0 Å². The Bertz CT molecular complexity index is 1330. The quantitative estimate of drug-likeness (QED) is 0.309. The summed E-state index contributed by atoms with van der Waals surface area (Å²) < 4.78 is 12.9. The third kappa shape index (κ3) is 1.48. The van der Waals surface area contributed by atoms with Gasteiger partial charge in [-0.15, -0.1) is 22.7 Å². The molecule has 2 aromatic carbocycles. The van der Waals surface area contributed by atoms with Crippen LogP contribution in [0.2, 0.25) is 0 Å². The normalized spacial score (nSPS) is 12.6. The summed E-state index contributed by atoms with van der Waals surface area (Å²) in [5.74, 6) is 0. The Morgan fingerprint density at radius 2 is 1.25 bits per heavy atom. The molecule has 0 aliphatic rings. The van der Waals surface area contributed by atoms with Gasteiger partial charge in [0.05, 0.1) is 14.4 Å². The highest BCUT2D eigenvalue weighted by atomic mass is 127. The summed E-state index contributed by atoms with van der Waals surface area (Å²) in [7, 11) is 0. The van der Waals surface area contributed by atoms with Gasteiger partial charge in [-0.25, -0.2) is 19.2 Å². The van der Waals surface area contributed by atoms with Gasteiger partial charge in [0.2, 0.25) is 0 Å². The largest absolute Gasteiger partial charge is 0.243 e. The van der Waals surface area contributed by atoms with Crippen molar-refractivity contribution in [2.75, 3.05) is 0 Å². The monoisotopic (exact) mass is 466 g/mol. The van der Waals surface area contributed by atoms with Gasteiger partial charge in [-0.3, -0.25) is 0 Å². The van der Waals surface area contributed by atoms with Crippen LogP contribution in [0.4, 0.5) is 0 Å². The molecule has 24 heavy (non-hydrogen) atoms. The van der Waals surface area contributed by atoms with Crippen LogP contribution in [0.3, 0.4) is 0 Å². The van der Waals surface area contributed by atoms with Crippen molar-refractivity contribution < 1.29 is 9.26 Å². The molecule has 0 aliphatic carbocycles. The number of benzene rings is 2. The van der Waals surface area contributed by atoms with Gasteiger partial charge in [0, 0.05) is 10.8 Å². The number of thiazole rings is 2. The molecule has 4 aromatic heterocycles. The Kier molecular flexibility index (Phi) is 2.41.